The van der Waals surface area contributed by atoms with E-state index in [9.17, 15) is 9.59 Å². The molecule has 5 nitrogen and oxygen atoms in total. The maximum Gasteiger partial charge on any atom is 0.276 e. The third kappa shape index (κ3) is 2.16. The zero-order chi connectivity index (χ0) is 18.6. The Morgan fingerprint density at radius 2 is 1.48 bits per heavy atom. The molecule has 3 aromatic carbocycles. The van der Waals surface area contributed by atoms with Gasteiger partial charge in [0.2, 0.25) is 5.66 Å². The fraction of sp³-hybridized carbons (Fsp3) is 0.0476. The standard InChI is InChI=1S/C21H14BrN3O2/c22-13-9-11-14(12-10-13)25-19(26)15-5-1-3-7-17(15)24-21(25)16-6-2-4-8-18(16)23-20(21)27/h1-12,24H,(H,23,27). The van der Waals surface area contributed by atoms with E-state index in [0.717, 1.165) is 10.0 Å². The summed E-state index contributed by atoms with van der Waals surface area (Å²) in [6, 6.07) is 22.1. The second-order valence-corrected chi connectivity index (χ2v) is 7.41. The summed E-state index contributed by atoms with van der Waals surface area (Å²) in [6.07, 6.45) is 0. The van der Waals surface area contributed by atoms with Crippen molar-refractivity contribution in [1.82, 2.24) is 0 Å². The number of carbonyl (C=O) groups excluding carboxylic acids is 2. The number of anilines is 3. The van der Waals surface area contributed by atoms with Crippen molar-refractivity contribution in [3.63, 3.8) is 0 Å². The smallest absolute Gasteiger partial charge is 0.276 e. The lowest BCUT2D eigenvalue weighted by Gasteiger charge is -2.44. The largest absolute Gasteiger partial charge is 0.350 e. The molecule has 6 heteroatoms. The average Bonchev–Trinajstić information content (AvgIpc) is 2.95. The molecule has 0 radical (unpaired) electrons. The second-order valence-electron chi connectivity index (χ2n) is 6.50. The Kier molecular flexibility index (Phi) is 3.39. The summed E-state index contributed by atoms with van der Waals surface area (Å²) in [5.41, 5.74) is 1.89. The Morgan fingerprint density at radius 3 is 2.26 bits per heavy atom. The van der Waals surface area contributed by atoms with E-state index >= 15 is 0 Å². The maximum absolute atomic E-state index is 13.5. The molecule has 0 saturated heterocycles. The number of rotatable bonds is 1. The van der Waals surface area contributed by atoms with E-state index in [1.54, 1.807) is 11.0 Å². The van der Waals surface area contributed by atoms with Crippen LogP contribution in [0.5, 0.6) is 0 Å². The van der Waals surface area contributed by atoms with Crippen LogP contribution in [0, 0.1) is 0 Å². The zero-order valence-electron chi connectivity index (χ0n) is 14.1. The lowest BCUT2D eigenvalue weighted by molar-refractivity contribution is -0.119. The van der Waals surface area contributed by atoms with Crippen molar-refractivity contribution in [1.29, 1.82) is 0 Å². The molecule has 27 heavy (non-hydrogen) atoms. The monoisotopic (exact) mass is 419 g/mol. The summed E-state index contributed by atoms with van der Waals surface area (Å²) < 4.78 is 0.898. The molecule has 2 heterocycles. The van der Waals surface area contributed by atoms with E-state index in [0.29, 0.717) is 22.6 Å². The first-order valence-electron chi connectivity index (χ1n) is 8.49. The van der Waals surface area contributed by atoms with E-state index in [4.69, 9.17) is 0 Å². The summed E-state index contributed by atoms with van der Waals surface area (Å²) in [4.78, 5) is 28.3. The molecule has 2 aliphatic rings. The van der Waals surface area contributed by atoms with E-state index in [1.165, 1.54) is 0 Å². The highest BCUT2D eigenvalue weighted by Crippen LogP contribution is 2.47. The summed E-state index contributed by atoms with van der Waals surface area (Å²) in [5, 5.41) is 6.27. The molecule has 1 atom stereocenters. The van der Waals surface area contributed by atoms with Gasteiger partial charge in [-0.3, -0.25) is 14.5 Å². The Morgan fingerprint density at radius 1 is 0.815 bits per heavy atom. The van der Waals surface area contributed by atoms with Crippen molar-refractivity contribution < 1.29 is 9.59 Å². The van der Waals surface area contributed by atoms with E-state index in [-0.39, 0.29) is 11.8 Å². The fourth-order valence-electron chi connectivity index (χ4n) is 3.79. The molecule has 1 unspecified atom stereocenters. The molecule has 2 aliphatic heterocycles. The van der Waals surface area contributed by atoms with Gasteiger partial charge in [-0.25, -0.2) is 0 Å². The molecule has 2 amide bonds. The maximum atomic E-state index is 13.5. The highest BCUT2D eigenvalue weighted by molar-refractivity contribution is 9.10. The number of fused-ring (bicyclic) bond motifs is 3. The molecule has 2 N–H and O–H groups in total. The SMILES string of the molecule is O=C1c2ccccc2NC2(C(=O)Nc3ccccc32)N1c1ccc(Br)cc1. The molecule has 0 aliphatic carbocycles. The molecule has 0 aromatic heterocycles. The van der Waals surface area contributed by atoms with Crippen molar-refractivity contribution in [2.24, 2.45) is 0 Å². The van der Waals surface area contributed by atoms with Crippen molar-refractivity contribution in [2.45, 2.75) is 5.66 Å². The molecule has 0 bridgehead atoms. The normalized spacial score (nSPS) is 20.1. The molecule has 0 fully saturated rings. The van der Waals surface area contributed by atoms with Crippen LogP contribution < -0.4 is 15.5 Å². The Balaban J connectivity index is 1.81. The van der Waals surface area contributed by atoms with Gasteiger partial charge in [0.25, 0.3) is 11.8 Å². The van der Waals surface area contributed by atoms with Crippen LogP contribution in [0.3, 0.4) is 0 Å². The van der Waals surface area contributed by atoms with E-state index in [1.807, 2.05) is 66.7 Å². The Labute approximate surface area is 164 Å². The summed E-state index contributed by atoms with van der Waals surface area (Å²) in [5.74, 6) is -0.506. The lowest BCUT2D eigenvalue weighted by atomic mass is 9.92. The highest BCUT2D eigenvalue weighted by Gasteiger charge is 2.56. The molecular weight excluding hydrogens is 406 g/mol. The van der Waals surface area contributed by atoms with E-state index < -0.39 is 5.66 Å². The van der Waals surface area contributed by atoms with Crippen LogP contribution in [-0.2, 0) is 10.5 Å². The summed E-state index contributed by atoms with van der Waals surface area (Å²) in [7, 11) is 0. The minimum atomic E-state index is -1.34. The highest BCUT2D eigenvalue weighted by atomic mass is 79.9. The van der Waals surface area contributed by atoms with Gasteiger partial charge in [-0.1, -0.05) is 46.3 Å². The summed E-state index contributed by atoms with van der Waals surface area (Å²) >= 11 is 3.42. The first kappa shape index (κ1) is 16.1. The molecular formula is C21H14BrN3O2. The molecule has 3 aromatic rings. The van der Waals surface area contributed by atoms with Gasteiger partial charge >= 0.3 is 0 Å². The molecule has 1 spiro atoms. The van der Waals surface area contributed by atoms with Gasteiger partial charge in [0.15, 0.2) is 0 Å². The van der Waals surface area contributed by atoms with Gasteiger partial charge in [0.05, 0.1) is 5.56 Å². The second kappa shape index (κ2) is 5.69. The van der Waals surface area contributed by atoms with Crippen molar-refractivity contribution in [2.75, 3.05) is 15.5 Å². The van der Waals surface area contributed by atoms with Crippen LogP contribution in [0.1, 0.15) is 15.9 Å². The minimum absolute atomic E-state index is 0.224. The van der Waals surface area contributed by atoms with Gasteiger partial charge in [0.1, 0.15) is 0 Å². The van der Waals surface area contributed by atoms with Crippen LogP contribution in [0.15, 0.2) is 77.3 Å². The number of nitrogens with zero attached hydrogens (tertiary/aromatic N) is 1. The average molecular weight is 420 g/mol. The van der Waals surface area contributed by atoms with Crippen LogP contribution in [0.25, 0.3) is 0 Å². The van der Waals surface area contributed by atoms with Crippen molar-refractivity contribution in [3.8, 4) is 0 Å². The summed E-state index contributed by atoms with van der Waals surface area (Å²) in [6.45, 7) is 0. The first-order chi connectivity index (χ1) is 13.1. The van der Waals surface area contributed by atoms with Crippen LogP contribution >= 0.6 is 15.9 Å². The first-order valence-corrected chi connectivity index (χ1v) is 9.29. The van der Waals surface area contributed by atoms with Gasteiger partial charge in [-0.05, 0) is 42.5 Å². The van der Waals surface area contributed by atoms with Gasteiger partial charge in [-0.2, -0.15) is 0 Å². The molecule has 5 rings (SSSR count). The topological polar surface area (TPSA) is 61.4 Å². The number of hydrogen-bond acceptors (Lipinski definition) is 3. The number of amides is 2. The van der Waals surface area contributed by atoms with Gasteiger partial charge in [0, 0.05) is 27.1 Å². The van der Waals surface area contributed by atoms with Gasteiger partial charge in [-0.15, -0.1) is 0 Å². The molecule has 0 saturated carbocycles. The lowest BCUT2D eigenvalue weighted by Crippen LogP contribution is -2.61. The molecule has 132 valence electrons. The van der Waals surface area contributed by atoms with Crippen molar-refractivity contribution in [3.05, 3.63) is 88.4 Å². The number of hydrogen-bond donors (Lipinski definition) is 2. The van der Waals surface area contributed by atoms with Crippen LogP contribution in [0.4, 0.5) is 17.1 Å². The Bertz CT molecular complexity index is 1100. The quantitative estimate of drug-likeness (QED) is 0.616. The predicted octanol–water partition coefficient (Wildman–Crippen LogP) is 4.33. The number of halogens is 1. The van der Waals surface area contributed by atoms with E-state index in [2.05, 4.69) is 26.6 Å². The van der Waals surface area contributed by atoms with Crippen LogP contribution in [-0.4, -0.2) is 11.8 Å². The predicted molar refractivity (Wildman–Crippen MR) is 108 cm³/mol. The van der Waals surface area contributed by atoms with Crippen molar-refractivity contribution >= 4 is 44.8 Å². The minimum Gasteiger partial charge on any atom is -0.350 e. The number of para-hydroxylation sites is 2. The van der Waals surface area contributed by atoms with Gasteiger partial charge < -0.3 is 10.6 Å². The number of nitrogens with one attached hydrogen (secondary N) is 2. The third-order valence-electron chi connectivity index (χ3n) is 4.99. The third-order valence-corrected chi connectivity index (χ3v) is 5.52. The number of carbonyl (C=O) groups is 2. The van der Waals surface area contributed by atoms with Crippen LogP contribution in [0.2, 0.25) is 0 Å². The Hall–Kier alpha value is -3.12. The fourth-order valence-corrected chi connectivity index (χ4v) is 4.06. The zero-order valence-corrected chi connectivity index (χ0v) is 15.7. The number of benzene rings is 3.